The summed E-state index contributed by atoms with van der Waals surface area (Å²) in [5.41, 5.74) is 0.258. The minimum absolute atomic E-state index is 0.0445. The third-order valence-corrected chi connectivity index (χ3v) is 4.92. The lowest BCUT2D eigenvalue weighted by Crippen LogP contribution is -2.38. The van der Waals surface area contributed by atoms with Crippen molar-refractivity contribution in [2.24, 2.45) is 0 Å². The summed E-state index contributed by atoms with van der Waals surface area (Å²) >= 11 is 0. The summed E-state index contributed by atoms with van der Waals surface area (Å²) in [6, 6.07) is 3.52. The Kier molecular flexibility index (Phi) is 5.10. The first-order valence-electron chi connectivity index (χ1n) is 8.80. The number of carbonyl (C=O) groups is 1. The van der Waals surface area contributed by atoms with Gasteiger partial charge in [0, 0.05) is 31.7 Å². The summed E-state index contributed by atoms with van der Waals surface area (Å²) in [5, 5.41) is 4.28. The van der Waals surface area contributed by atoms with Crippen molar-refractivity contribution < 1.29 is 4.79 Å². The van der Waals surface area contributed by atoms with Crippen molar-refractivity contribution in [3.8, 4) is 0 Å². The molecule has 0 aromatic carbocycles. The van der Waals surface area contributed by atoms with E-state index in [1.165, 1.54) is 23.6 Å². The first-order chi connectivity index (χ1) is 11.2. The number of aromatic nitrogens is 2. The fourth-order valence-corrected chi connectivity index (χ4v) is 3.52. The van der Waals surface area contributed by atoms with E-state index >= 15 is 0 Å². The maximum Gasteiger partial charge on any atom is 0.274 e. The van der Waals surface area contributed by atoms with Gasteiger partial charge < -0.3 is 4.90 Å². The number of amides is 1. The van der Waals surface area contributed by atoms with Gasteiger partial charge in [0.05, 0.1) is 0 Å². The molecule has 23 heavy (non-hydrogen) atoms. The zero-order valence-corrected chi connectivity index (χ0v) is 13.9. The van der Waals surface area contributed by atoms with Crippen LogP contribution < -0.4 is 5.56 Å². The number of nitrogens with zero attached hydrogens (tertiary/aromatic N) is 4. The third-order valence-electron chi connectivity index (χ3n) is 4.92. The van der Waals surface area contributed by atoms with E-state index in [2.05, 4.69) is 16.9 Å². The van der Waals surface area contributed by atoms with E-state index in [0.29, 0.717) is 18.3 Å². The first kappa shape index (κ1) is 16.2. The molecule has 0 unspecified atom stereocenters. The molecule has 2 fully saturated rings. The van der Waals surface area contributed by atoms with Crippen molar-refractivity contribution >= 4 is 5.91 Å². The maximum atomic E-state index is 12.7. The molecule has 0 N–H and O–H groups in total. The molecule has 126 valence electrons. The second-order valence-electron chi connectivity index (χ2n) is 6.57. The van der Waals surface area contributed by atoms with E-state index in [4.69, 9.17) is 0 Å². The number of hydrogen-bond acceptors (Lipinski definition) is 4. The predicted molar refractivity (Wildman–Crippen MR) is 88.5 cm³/mol. The van der Waals surface area contributed by atoms with Gasteiger partial charge in [0.25, 0.3) is 11.5 Å². The van der Waals surface area contributed by atoms with Crippen LogP contribution >= 0.6 is 0 Å². The van der Waals surface area contributed by atoms with Crippen LogP contribution in [0, 0.1) is 0 Å². The van der Waals surface area contributed by atoms with Crippen molar-refractivity contribution in [1.82, 2.24) is 19.6 Å². The molecule has 3 heterocycles. The minimum Gasteiger partial charge on any atom is -0.336 e. The molecular weight excluding hydrogens is 292 g/mol. The molecular formula is C17H26N4O2. The second-order valence-corrected chi connectivity index (χ2v) is 6.57. The summed E-state index contributed by atoms with van der Waals surface area (Å²) in [5.74, 6) is -0.0445. The average molecular weight is 318 g/mol. The van der Waals surface area contributed by atoms with Crippen molar-refractivity contribution in [3.05, 3.63) is 28.2 Å². The van der Waals surface area contributed by atoms with Crippen LogP contribution in [0.5, 0.6) is 0 Å². The third kappa shape index (κ3) is 3.63. The normalized spacial score (nSPS) is 22.0. The molecule has 0 radical (unpaired) electrons. The standard InChI is InChI=1S/C17H26N4O2/c1-2-3-11-21-16(22)7-6-15(18-21)17(23)20-12-8-14(13-20)19-9-4-5-10-19/h6-7,14H,2-5,8-13H2,1H3/t14-/m1/s1. The van der Waals surface area contributed by atoms with Gasteiger partial charge >= 0.3 is 0 Å². The number of likely N-dealkylation sites (tertiary alicyclic amines) is 2. The molecule has 2 aliphatic heterocycles. The van der Waals surface area contributed by atoms with Gasteiger partial charge in [-0.1, -0.05) is 13.3 Å². The van der Waals surface area contributed by atoms with E-state index in [0.717, 1.165) is 45.4 Å². The molecule has 1 aromatic heterocycles. The van der Waals surface area contributed by atoms with Gasteiger partial charge in [-0.2, -0.15) is 5.10 Å². The molecule has 1 atom stereocenters. The predicted octanol–water partition coefficient (Wildman–Crippen LogP) is 1.35. The van der Waals surface area contributed by atoms with Crippen LogP contribution in [-0.4, -0.2) is 57.7 Å². The molecule has 2 saturated heterocycles. The lowest BCUT2D eigenvalue weighted by Gasteiger charge is -2.23. The monoisotopic (exact) mass is 318 g/mol. The number of aryl methyl sites for hydroxylation is 1. The highest BCUT2D eigenvalue weighted by atomic mass is 16.2. The molecule has 1 aromatic rings. The van der Waals surface area contributed by atoms with Crippen molar-refractivity contribution in [2.75, 3.05) is 26.2 Å². The average Bonchev–Trinajstić information content (AvgIpc) is 3.24. The molecule has 0 bridgehead atoms. The van der Waals surface area contributed by atoms with Crippen molar-refractivity contribution in [2.45, 2.75) is 51.6 Å². The Morgan fingerprint density at radius 2 is 2.04 bits per heavy atom. The van der Waals surface area contributed by atoms with Crippen molar-refractivity contribution in [3.63, 3.8) is 0 Å². The Balaban J connectivity index is 1.67. The van der Waals surface area contributed by atoms with E-state index in [9.17, 15) is 9.59 Å². The number of rotatable bonds is 5. The van der Waals surface area contributed by atoms with Crippen LogP contribution in [0.15, 0.2) is 16.9 Å². The van der Waals surface area contributed by atoms with Gasteiger partial charge in [-0.3, -0.25) is 14.5 Å². The van der Waals surface area contributed by atoms with Crippen LogP contribution in [0.25, 0.3) is 0 Å². The van der Waals surface area contributed by atoms with E-state index in [1.54, 1.807) is 6.07 Å². The lowest BCUT2D eigenvalue weighted by atomic mass is 10.2. The fourth-order valence-electron chi connectivity index (χ4n) is 3.52. The van der Waals surface area contributed by atoms with E-state index in [-0.39, 0.29) is 11.5 Å². The molecule has 6 nitrogen and oxygen atoms in total. The molecule has 2 aliphatic rings. The van der Waals surface area contributed by atoms with Crippen molar-refractivity contribution in [1.29, 1.82) is 0 Å². The topological polar surface area (TPSA) is 58.4 Å². The van der Waals surface area contributed by atoms with Gasteiger partial charge in [0.2, 0.25) is 0 Å². The molecule has 1 amide bonds. The van der Waals surface area contributed by atoms with Gasteiger partial charge in [-0.25, -0.2) is 4.68 Å². The summed E-state index contributed by atoms with van der Waals surface area (Å²) in [7, 11) is 0. The van der Waals surface area contributed by atoms with Gasteiger partial charge in [0.15, 0.2) is 0 Å². The van der Waals surface area contributed by atoms with Gasteiger partial charge in [0.1, 0.15) is 5.69 Å². The maximum absolute atomic E-state index is 12.7. The van der Waals surface area contributed by atoms with E-state index < -0.39 is 0 Å². The Bertz CT molecular complexity index is 607. The summed E-state index contributed by atoms with van der Waals surface area (Å²) in [4.78, 5) is 28.9. The zero-order valence-electron chi connectivity index (χ0n) is 13.9. The number of hydrogen-bond donors (Lipinski definition) is 0. The molecule has 0 spiro atoms. The smallest absolute Gasteiger partial charge is 0.274 e. The highest BCUT2D eigenvalue weighted by molar-refractivity contribution is 5.92. The second kappa shape index (κ2) is 7.25. The SMILES string of the molecule is CCCCn1nc(C(=O)N2CC[C@@H](N3CCCC3)C2)ccc1=O. The number of unbranched alkanes of at least 4 members (excludes halogenated alkanes) is 1. The Hall–Kier alpha value is -1.69. The molecule has 6 heteroatoms. The highest BCUT2D eigenvalue weighted by Gasteiger charge is 2.32. The minimum atomic E-state index is -0.133. The van der Waals surface area contributed by atoms with Crippen LogP contribution in [0.3, 0.4) is 0 Å². The number of carbonyl (C=O) groups excluding carboxylic acids is 1. The Morgan fingerprint density at radius 1 is 1.26 bits per heavy atom. The summed E-state index contributed by atoms with van der Waals surface area (Å²) in [6.07, 6.45) is 5.48. The summed E-state index contributed by atoms with van der Waals surface area (Å²) in [6.45, 7) is 6.54. The fraction of sp³-hybridized carbons (Fsp3) is 0.706. The van der Waals surface area contributed by atoms with Crippen LogP contribution in [-0.2, 0) is 6.54 Å². The van der Waals surface area contributed by atoms with Gasteiger partial charge in [-0.15, -0.1) is 0 Å². The molecule has 0 aliphatic carbocycles. The van der Waals surface area contributed by atoms with E-state index in [1.807, 2.05) is 4.90 Å². The van der Waals surface area contributed by atoms with Crippen LogP contribution in [0.1, 0.15) is 49.5 Å². The highest BCUT2D eigenvalue weighted by Crippen LogP contribution is 2.21. The first-order valence-corrected chi connectivity index (χ1v) is 8.80. The zero-order chi connectivity index (χ0) is 16.2. The quantitative estimate of drug-likeness (QED) is 0.822. The van der Waals surface area contributed by atoms with Crippen LogP contribution in [0.2, 0.25) is 0 Å². The Labute approximate surface area is 137 Å². The Morgan fingerprint density at radius 3 is 2.78 bits per heavy atom. The van der Waals surface area contributed by atoms with Gasteiger partial charge in [-0.05, 0) is 44.8 Å². The largest absolute Gasteiger partial charge is 0.336 e. The molecule has 3 rings (SSSR count). The lowest BCUT2D eigenvalue weighted by molar-refractivity contribution is 0.0771. The van der Waals surface area contributed by atoms with Crippen LogP contribution in [0.4, 0.5) is 0 Å². The summed E-state index contributed by atoms with van der Waals surface area (Å²) < 4.78 is 1.42. The molecule has 0 saturated carbocycles.